The number of aliphatic hydroxyl groups excluding tert-OH is 1. The van der Waals surface area contributed by atoms with Crippen molar-refractivity contribution in [2.24, 2.45) is 0 Å². The zero-order valence-corrected chi connectivity index (χ0v) is 11.6. The molecule has 1 aromatic rings. The van der Waals surface area contributed by atoms with E-state index < -0.39 is 6.23 Å². The zero-order valence-electron chi connectivity index (χ0n) is 11.6. The van der Waals surface area contributed by atoms with Gasteiger partial charge in [-0.15, -0.1) is 0 Å². The Morgan fingerprint density at radius 2 is 1.94 bits per heavy atom. The lowest BCUT2D eigenvalue weighted by molar-refractivity contribution is 0.0584. The smallest absolute Gasteiger partial charge is 0.140 e. The van der Waals surface area contributed by atoms with Gasteiger partial charge in [0.25, 0.3) is 0 Å². The highest BCUT2D eigenvalue weighted by Crippen LogP contribution is 2.24. The molecule has 0 bridgehead atoms. The molecule has 18 heavy (non-hydrogen) atoms. The van der Waals surface area contributed by atoms with Crippen molar-refractivity contribution in [2.45, 2.75) is 45.4 Å². The Labute approximate surface area is 110 Å². The van der Waals surface area contributed by atoms with Gasteiger partial charge in [0.1, 0.15) is 6.23 Å². The fourth-order valence-electron chi connectivity index (χ4n) is 2.79. The van der Waals surface area contributed by atoms with E-state index in [0.717, 1.165) is 18.7 Å². The molecule has 1 heterocycles. The minimum atomic E-state index is -0.491. The maximum Gasteiger partial charge on any atom is 0.140 e. The molecule has 0 aromatic heterocycles. The number of aliphatic hydroxyl groups is 1. The van der Waals surface area contributed by atoms with Crippen LogP contribution in [0.15, 0.2) is 18.2 Å². The van der Waals surface area contributed by atoms with Gasteiger partial charge in [0.15, 0.2) is 0 Å². The molecule has 1 aliphatic rings. The molecule has 0 aliphatic carbocycles. The summed E-state index contributed by atoms with van der Waals surface area (Å²) in [5, 5.41) is 13.7. The van der Waals surface area contributed by atoms with Crippen LogP contribution in [-0.2, 0) is 0 Å². The number of rotatable bonds is 3. The second-order valence-corrected chi connectivity index (χ2v) is 5.40. The van der Waals surface area contributed by atoms with Crippen molar-refractivity contribution in [3.8, 4) is 0 Å². The predicted octanol–water partition coefficient (Wildman–Crippen LogP) is 2.52. The topological polar surface area (TPSA) is 35.5 Å². The molecule has 0 amide bonds. The van der Waals surface area contributed by atoms with Crippen LogP contribution in [-0.4, -0.2) is 35.9 Å². The van der Waals surface area contributed by atoms with E-state index in [-0.39, 0.29) is 6.04 Å². The first kappa shape index (κ1) is 13.4. The number of piperidine rings is 1. The lowest BCUT2D eigenvalue weighted by Crippen LogP contribution is -2.47. The molecule has 0 spiro atoms. The van der Waals surface area contributed by atoms with Gasteiger partial charge in [-0.1, -0.05) is 24.6 Å². The number of likely N-dealkylation sites (N-methyl/N-ethyl adjacent to an activating group) is 1. The number of nitrogens with zero attached hydrogens (tertiary/aromatic N) is 1. The number of likely N-dealkylation sites (tertiary alicyclic amines) is 1. The lowest BCUT2D eigenvalue weighted by atomic mass is 10.0. The molecule has 0 saturated carbocycles. The summed E-state index contributed by atoms with van der Waals surface area (Å²) < 4.78 is 0. The van der Waals surface area contributed by atoms with Gasteiger partial charge in [0.2, 0.25) is 0 Å². The number of para-hydroxylation sites is 1. The normalized spacial score (nSPS) is 22.8. The van der Waals surface area contributed by atoms with Gasteiger partial charge in [-0.05, 0) is 51.4 Å². The van der Waals surface area contributed by atoms with Gasteiger partial charge in [-0.25, -0.2) is 0 Å². The summed E-state index contributed by atoms with van der Waals surface area (Å²) in [7, 11) is 2.10. The van der Waals surface area contributed by atoms with Crippen molar-refractivity contribution < 1.29 is 5.11 Å². The molecular formula is C15H24N2O. The van der Waals surface area contributed by atoms with Crippen LogP contribution in [0.1, 0.15) is 30.4 Å². The van der Waals surface area contributed by atoms with E-state index in [1.165, 1.54) is 24.0 Å². The van der Waals surface area contributed by atoms with Crippen molar-refractivity contribution in [1.29, 1.82) is 0 Å². The lowest BCUT2D eigenvalue weighted by Gasteiger charge is -2.36. The molecule has 2 atom stereocenters. The first-order valence-corrected chi connectivity index (χ1v) is 6.80. The Hall–Kier alpha value is -1.06. The van der Waals surface area contributed by atoms with E-state index in [1.54, 1.807) is 0 Å². The monoisotopic (exact) mass is 248 g/mol. The number of hydrogen-bond acceptors (Lipinski definition) is 3. The van der Waals surface area contributed by atoms with Crippen molar-refractivity contribution in [1.82, 2.24) is 4.90 Å². The molecule has 2 unspecified atom stereocenters. The van der Waals surface area contributed by atoms with Crippen LogP contribution in [0, 0.1) is 13.8 Å². The van der Waals surface area contributed by atoms with Crippen LogP contribution >= 0.6 is 0 Å². The fourth-order valence-corrected chi connectivity index (χ4v) is 2.79. The minimum absolute atomic E-state index is 0.220. The number of nitrogens with one attached hydrogen (secondary N) is 1. The highest BCUT2D eigenvalue weighted by atomic mass is 16.3. The summed E-state index contributed by atoms with van der Waals surface area (Å²) in [6, 6.07) is 6.42. The summed E-state index contributed by atoms with van der Waals surface area (Å²) in [5.41, 5.74) is 3.45. The van der Waals surface area contributed by atoms with E-state index in [4.69, 9.17) is 0 Å². The van der Waals surface area contributed by atoms with Gasteiger partial charge < -0.3 is 10.4 Å². The minimum Gasteiger partial charge on any atom is -0.372 e. The van der Waals surface area contributed by atoms with E-state index >= 15 is 0 Å². The summed E-state index contributed by atoms with van der Waals surface area (Å²) in [6.07, 6.45) is 3.02. The molecule has 2 N–H and O–H groups in total. The SMILES string of the molecule is Cc1cccc(C)c1NC(O)C1CCCCN1C. The zero-order chi connectivity index (χ0) is 13.1. The highest BCUT2D eigenvalue weighted by Gasteiger charge is 2.26. The highest BCUT2D eigenvalue weighted by molar-refractivity contribution is 5.57. The van der Waals surface area contributed by atoms with Gasteiger partial charge in [-0.2, -0.15) is 0 Å². The largest absolute Gasteiger partial charge is 0.372 e. The Bertz CT molecular complexity index is 385. The molecule has 100 valence electrons. The molecule has 0 radical (unpaired) electrons. The number of anilines is 1. The average Bonchev–Trinajstić information content (AvgIpc) is 2.34. The van der Waals surface area contributed by atoms with Crippen LogP contribution in [0.3, 0.4) is 0 Å². The maximum atomic E-state index is 10.4. The number of hydrogen-bond donors (Lipinski definition) is 2. The molecule has 3 nitrogen and oxygen atoms in total. The third kappa shape index (κ3) is 2.85. The summed E-state index contributed by atoms with van der Waals surface area (Å²) >= 11 is 0. The van der Waals surface area contributed by atoms with Gasteiger partial charge in [0.05, 0.1) is 6.04 Å². The molecule has 3 heteroatoms. The third-order valence-electron chi connectivity index (χ3n) is 3.96. The molecular weight excluding hydrogens is 224 g/mol. The molecule has 1 aromatic carbocycles. The Balaban J connectivity index is 2.08. The number of aryl methyl sites for hydroxylation is 2. The maximum absolute atomic E-state index is 10.4. The van der Waals surface area contributed by atoms with Gasteiger partial charge in [0, 0.05) is 5.69 Å². The summed E-state index contributed by atoms with van der Waals surface area (Å²) in [6.45, 7) is 5.23. The average molecular weight is 248 g/mol. The van der Waals surface area contributed by atoms with Crippen LogP contribution in [0.2, 0.25) is 0 Å². The van der Waals surface area contributed by atoms with Crippen molar-refractivity contribution >= 4 is 5.69 Å². The van der Waals surface area contributed by atoms with Crippen LogP contribution < -0.4 is 5.32 Å². The summed E-state index contributed by atoms with van der Waals surface area (Å²) in [5.74, 6) is 0. The quantitative estimate of drug-likeness (QED) is 0.807. The first-order chi connectivity index (χ1) is 8.59. The van der Waals surface area contributed by atoms with Crippen LogP contribution in [0.4, 0.5) is 5.69 Å². The van der Waals surface area contributed by atoms with Crippen LogP contribution in [0.25, 0.3) is 0 Å². The molecule has 1 fully saturated rings. The van der Waals surface area contributed by atoms with Crippen molar-refractivity contribution in [3.05, 3.63) is 29.3 Å². The number of benzene rings is 1. The second-order valence-electron chi connectivity index (χ2n) is 5.40. The second kappa shape index (κ2) is 5.72. The van der Waals surface area contributed by atoms with Crippen LogP contribution in [0.5, 0.6) is 0 Å². The first-order valence-electron chi connectivity index (χ1n) is 6.80. The van der Waals surface area contributed by atoms with Gasteiger partial charge >= 0.3 is 0 Å². The molecule has 1 saturated heterocycles. The van der Waals surface area contributed by atoms with Crippen molar-refractivity contribution in [2.75, 3.05) is 18.9 Å². The van der Waals surface area contributed by atoms with E-state index in [9.17, 15) is 5.11 Å². The Kier molecular flexibility index (Phi) is 4.25. The van der Waals surface area contributed by atoms with E-state index in [0.29, 0.717) is 0 Å². The van der Waals surface area contributed by atoms with E-state index in [1.807, 2.05) is 0 Å². The van der Waals surface area contributed by atoms with E-state index in [2.05, 4.69) is 49.3 Å². The Morgan fingerprint density at radius 1 is 1.28 bits per heavy atom. The molecule has 1 aliphatic heterocycles. The summed E-state index contributed by atoms with van der Waals surface area (Å²) in [4.78, 5) is 2.26. The van der Waals surface area contributed by atoms with Gasteiger partial charge in [-0.3, -0.25) is 4.90 Å². The Morgan fingerprint density at radius 3 is 2.56 bits per heavy atom. The predicted molar refractivity (Wildman–Crippen MR) is 75.8 cm³/mol. The van der Waals surface area contributed by atoms with Crippen molar-refractivity contribution in [3.63, 3.8) is 0 Å². The molecule has 2 rings (SSSR count). The standard InChI is InChI=1S/C15H24N2O/c1-11-7-6-8-12(2)14(11)16-15(18)13-9-4-5-10-17(13)3/h6-8,13,15-16,18H,4-5,9-10H2,1-3H3. The third-order valence-corrected chi connectivity index (χ3v) is 3.96. The fraction of sp³-hybridized carbons (Fsp3) is 0.600.